The second-order valence-electron chi connectivity index (χ2n) is 8.38. The quantitative estimate of drug-likeness (QED) is 0.271. The minimum absolute atomic E-state index is 0.238. The highest BCUT2D eigenvalue weighted by Crippen LogP contribution is 2.38. The van der Waals surface area contributed by atoms with Crippen molar-refractivity contribution in [1.82, 2.24) is 15.5 Å². The lowest BCUT2D eigenvalue weighted by molar-refractivity contribution is -0.137. The van der Waals surface area contributed by atoms with E-state index in [0.717, 1.165) is 35.5 Å². The highest BCUT2D eigenvalue weighted by Gasteiger charge is 2.32. The van der Waals surface area contributed by atoms with E-state index in [1.807, 2.05) is 24.3 Å². The summed E-state index contributed by atoms with van der Waals surface area (Å²) in [7, 11) is 0. The Labute approximate surface area is 210 Å². The average molecular weight is 514 g/mol. The molecule has 0 fully saturated rings. The summed E-state index contributed by atoms with van der Waals surface area (Å²) in [6.07, 6.45) is -3.21. The number of amides is 1. The van der Waals surface area contributed by atoms with Gasteiger partial charge in [-0.1, -0.05) is 54.7 Å². The summed E-state index contributed by atoms with van der Waals surface area (Å²) in [6, 6.07) is 16.4. The van der Waals surface area contributed by atoms with Crippen LogP contribution >= 0.6 is 11.3 Å². The number of halogens is 4. The summed E-state index contributed by atoms with van der Waals surface area (Å²) < 4.78 is 54.4. The van der Waals surface area contributed by atoms with E-state index in [-0.39, 0.29) is 22.0 Å². The van der Waals surface area contributed by atoms with Crippen molar-refractivity contribution >= 4 is 17.2 Å². The normalized spacial score (nSPS) is 12.4. The van der Waals surface area contributed by atoms with Gasteiger partial charge in [-0.3, -0.25) is 4.79 Å². The molecule has 0 saturated heterocycles. The van der Waals surface area contributed by atoms with Crippen molar-refractivity contribution in [2.45, 2.75) is 38.9 Å². The van der Waals surface area contributed by atoms with Crippen LogP contribution in [0, 0.1) is 5.82 Å². The topological polar surface area (TPSA) is 54.9 Å². The fourth-order valence-corrected chi connectivity index (χ4v) is 4.69. The molecule has 3 aromatic carbocycles. The monoisotopic (exact) mass is 513 g/mol. The zero-order valence-corrected chi connectivity index (χ0v) is 20.4. The molecule has 36 heavy (non-hydrogen) atoms. The predicted octanol–water partition coefficient (Wildman–Crippen LogP) is 7.01. The number of carbonyl (C=O) groups is 1. The first kappa shape index (κ1) is 25.5. The number of nitrogens with zero attached hydrogens (tertiary/aromatic N) is 2. The van der Waals surface area contributed by atoms with Crippen molar-refractivity contribution in [3.8, 4) is 21.7 Å². The lowest BCUT2D eigenvalue weighted by atomic mass is 9.99. The number of rotatable bonds is 7. The van der Waals surface area contributed by atoms with Crippen LogP contribution in [-0.2, 0) is 23.8 Å². The fraction of sp³-hybridized carbons (Fsp3) is 0.222. The van der Waals surface area contributed by atoms with E-state index >= 15 is 0 Å². The highest BCUT2D eigenvalue weighted by molar-refractivity contribution is 7.14. The van der Waals surface area contributed by atoms with Crippen LogP contribution in [0.1, 0.15) is 41.6 Å². The van der Waals surface area contributed by atoms with Crippen LogP contribution in [0.15, 0.2) is 66.7 Å². The summed E-state index contributed by atoms with van der Waals surface area (Å²) >= 11 is 1.12. The minimum atomic E-state index is -4.58. The van der Waals surface area contributed by atoms with Gasteiger partial charge in [-0.15, -0.1) is 10.2 Å². The Balaban J connectivity index is 1.70. The average Bonchev–Trinajstić information content (AvgIpc) is 3.34. The molecule has 0 spiro atoms. The zero-order chi connectivity index (χ0) is 25.9. The van der Waals surface area contributed by atoms with Crippen molar-refractivity contribution in [3.63, 3.8) is 0 Å². The van der Waals surface area contributed by atoms with E-state index in [0.29, 0.717) is 17.0 Å². The van der Waals surface area contributed by atoms with Crippen LogP contribution in [0.5, 0.6) is 0 Å². The zero-order valence-electron chi connectivity index (χ0n) is 19.6. The second kappa shape index (κ2) is 10.6. The molecular weight excluding hydrogens is 490 g/mol. The molecule has 4 aromatic rings. The molecule has 1 amide bonds. The summed E-state index contributed by atoms with van der Waals surface area (Å²) in [5.74, 6) is -0.729. The number of benzene rings is 3. The van der Waals surface area contributed by atoms with Crippen LogP contribution in [0.2, 0.25) is 0 Å². The van der Waals surface area contributed by atoms with Crippen molar-refractivity contribution in [2.75, 3.05) is 0 Å². The van der Waals surface area contributed by atoms with E-state index in [9.17, 15) is 22.4 Å². The van der Waals surface area contributed by atoms with Crippen LogP contribution in [-0.4, -0.2) is 16.1 Å². The van der Waals surface area contributed by atoms with Crippen LogP contribution in [0.25, 0.3) is 21.7 Å². The molecule has 4 rings (SSSR count). The highest BCUT2D eigenvalue weighted by atomic mass is 32.1. The molecule has 9 heteroatoms. The molecule has 186 valence electrons. The lowest BCUT2D eigenvalue weighted by Gasteiger charge is -2.15. The Kier molecular flexibility index (Phi) is 7.49. The van der Waals surface area contributed by atoms with Crippen LogP contribution in [0.3, 0.4) is 0 Å². The van der Waals surface area contributed by atoms with E-state index < -0.39 is 23.6 Å². The van der Waals surface area contributed by atoms with E-state index in [2.05, 4.69) is 22.4 Å². The largest absolute Gasteiger partial charge is 0.416 e. The third kappa shape index (κ3) is 6.15. The van der Waals surface area contributed by atoms with Crippen molar-refractivity contribution in [2.24, 2.45) is 0 Å². The molecule has 1 unspecified atom stereocenters. The lowest BCUT2D eigenvalue weighted by Crippen LogP contribution is -2.27. The second-order valence-corrected chi connectivity index (χ2v) is 9.39. The third-order valence-corrected chi connectivity index (χ3v) is 6.76. The number of alkyl halides is 3. The Morgan fingerprint density at radius 2 is 1.56 bits per heavy atom. The van der Waals surface area contributed by atoms with Crippen molar-refractivity contribution in [1.29, 1.82) is 0 Å². The fourth-order valence-electron chi connectivity index (χ4n) is 3.81. The van der Waals surface area contributed by atoms with Gasteiger partial charge in [0.15, 0.2) is 0 Å². The van der Waals surface area contributed by atoms with Gasteiger partial charge < -0.3 is 5.32 Å². The number of hydrogen-bond acceptors (Lipinski definition) is 4. The molecule has 0 aliphatic rings. The van der Waals surface area contributed by atoms with Gasteiger partial charge in [-0.2, -0.15) is 13.2 Å². The number of aromatic nitrogens is 2. The molecule has 1 heterocycles. The Bertz CT molecular complexity index is 1350. The van der Waals surface area contributed by atoms with Crippen LogP contribution in [0.4, 0.5) is 17.6 Å². The van der Waals surface area contributed by atoms with Gasteiger partial charge >= 0.3 is 6.18 Å². The molecule has 4 nitrogen and oxygen atoms in total. The SMILES string of the molecule is CCc1ccc(CC(NC(C)=O)c2nnc(-c3cc(-c4ccc(F)cc4)cc(C(F)(F)F)c3)s2)cc1. The first-order valence-electron chi connectivity index (χ1n) is 11.3. The molecular formula is C27H23F4N3OS. The van der Waals surface area contributed by atoms with E-state index in [4.69, 9.17) is 0 Å². The molecule has 0 aliphatic carbocycles. The number of carbonyl (C=O) groups excluding carboxylic acids is 1. The maximum atomic E-state index is 13.7. The first-order valence-corrected chi connectivity index (χ1v) is 12.1. The summed E-state index contributed by atoms with van der Waals surface area (Å²) in [4.78, 5) is 11.9. The third-order valence-electron chi connectivity index (χ3n) is 5.67. The molecule has 0 bridgehead atoms. The number of aryl methyl sites for hydroxylation is 1. The maximum absolute atomic E-state index is 13.7. The standard InChI is InChI=1S/C27H23F4N3OS/c1-3-17-4-6-18(7-5-17)12-24(32-16(2)35)26-34-33-25(36-26)21-13-20(14-22(15-21)27(29,30)31)19-8-10-23(28)11-9-19/h4-11,13-15,24H,3,12H2,1-2H3,(H,32,35). The van der Waals surface area contributed by atoms with Gasteiger partial charge in [-0.05, 0) is 65.4 Å². The summed E-state index contributed by atoms with van der Waals surface area (Å²) in [5.41, 5.74) is 2.30. The van der Waals surface area contributed by atoms with Crippen LogP contribution < -0.4 is 5.32 Å². The van der Waals surface area contributed by atoms with Crippen molar-refractivity contribution < 1.29 is 22.4 Å². The number of nitrogens with one attached hydrogen (secondary N) is 1. The molecule has 0 saturated carbocycles. The molecule has 0 radical (unpaired) electrons. The van der Waals surface area contributed by atoms with Gasteiger partial charge in [-0.25, -0.2) is 4.39 Å². The number of hydrogen-bond donors (Lipinski definition) is 1. The Morgan fingerprint density at radius 3 is 2.17 bits per heavy atom. The summed E-state index contributed by atoms with van der Waals surface area (Å²) in [6.45, 7) is 3.46. The molecule has 1 aromatic heterocycles. The molecule has 1 atom stereocenters. The smallest absolute Gasteiger partial charge is 0.347 e. The van der Waals surface area contributed by atoms with E-state index in [1.165, 1.54) is 36.8 Å². The summed E-state index contributed by atoms with van der Waals surface area (Å²) in [5, 5.41) is 12.0. The van der Waals surface area contributed by atoms with Gasteiger partial charge in [0.1, 0.15) is 15.8 Å². The van der Waals surface area contributed by atoms with Gasteiger partial charge in [0.25, 0.3) is 0 Å². The Morgan fingerprint density at radius 1 is 0.917 bits per heavy atom. The first-order chi connectivity index (χ1) is 17.1. The van der Waals surface area contributed by atoms with Gasteiger partial charge in [0.05, 0.1) is 11.6 Å². The Hall–Kier alpha value is -3.59. The molecule has 1 N–H and O–H groups in total. The van der Waals surface area contributed by atoms with E-state index in [1.54, 1.807) is 6.07 Å². The van der Waals surface area contributed by atoms with Crippen molar-refractivity contribution in [3.05, 3.63) is 94.2 Å². The van der Waals surface area contributed by atoms with Gasteiger partial charge in [0, 0.05) is 12.5 Å². The maximum Gasteiger partial charge on any atom is 0.416 e. The minimum Gasteiger partial charge on any atom is -0.347 e. The van der Waals surface area contributed by atoms with Gasteiger partial charge in [0.2, 0.25) is 5.91 Å². The molecule has 0 aliphatic heterocycles. The predicted molar refractivity (Wildman–Crippen MR) is 132 cm³/mol.